The maximum Gasteiger partial charge on any atom is 0.159 e. The van der Waals surface area contributed by atoms with E-state index in [0.29, 0.717) is 0 Å². The van der Waals surface area contributed by atoms with Crippen molar-refractivity contribution in [1.29, 1.82) is 0 Å². The van der Waals surface area contributed by atoms with Crippen molar-refractivity contribution >= 4 is 22.4 Å². The molecule has 1 N–H and O–H groups in total. The van der Waals surface area contributed by atoms with Gasteiger partial charge >= 0.3 is 0 Å². The van der Waals surface area contributed by atoms with E-state index in [1.54, 1.807) is 6.92 Å². The number of hydrogen-bond donors (Lipinski definition) is 1. The van der Waals surface area contributed by atoms with Crippen molar-refractivity contribution in [3.8, 4) is 0 Å². The van der Waals surface area contributed by atoms with Gasteiger partial charge in [0.15, 0.2) is 5.78 Å². The molecule has 1 aliphatic heterocycles. The first-order valence-electron chi connectivity index (χ1n) is 8.71. The monoisotopic (exact) mass is 334 g/mol. The molecule has 0 unspecified atom stereocenters. The number of hydrogen-bond acceptors (Lipinski definition) is 4. The summed E-state index contributed by atoms with van der Waals surface area (Å²) >= 11 is 0. The Morgan fingerprint density at radius 2 is 1.76 bits per heavy atom. The highest BCUT2D eigenvalue weighted by molar-refractivity contribution is 5.94. The summed E-state index contributed by atoms with van der Waals surface area (Å²) in [6.45, 7) is 6.47. The molecule has 3 aromatic rings. The van der Waals surface area contributed by atoms with Gasteiger partial charge in [-0.2, -0.15) is 5.10 Å². The predicted octanol–water partition coefficient (Wildman–Crippen LogP) is 3.09. The van der Waals surface area contributed by atoms with Crippen LogP contribution in [0.5, 0.6) is 0 Å². The van der Waals surface area contributed by atoms with E-state index in [0.717, 1.165) is 49.5 Å². The number of piperazine rings is 1. The zero-order chi connectivity index (χ0) is 17.2. The van der Waals surface area contributed by atoms with Crippen molar-refractivity contribution in [3.63, 3.8) is 0 Å². The van der Waals surface area contributed by atoms with E-state index in [-0.39, 0.29) is 5.78 Å². The number of benzene rings is 2. The van der Waals surface area contributed by atoms with Crippen LogP contribution in [0.15, 0.2) is 48.5 Å². The second-order valence-electron chi connectivity index (χ2n) is 6.58. The fourth-order valence-electron chi connectivity index (χ4n) is 3.42. The molecule has 0 saturated carbocycles. The van der Waals surface area contributed by atoms with Gasteiger partial charge in [-0.05, 0) is 37.3 Å². The molecule has 0 bridgehead atoms. The third-order valence-corrected chi connectivity index (χ3v) is 4.93. The average molecular weight is 334 g/mol. The quantitative estimate of drug-likeness (QED) is 0.745. The van der Waals surface area contributed by atoms with E-state index in [1.165, 1.54) is 11.1 Å². The lowest BCUT2D eigenvalue weighted by molar-refractivity contribution is 0.101. The smallest absolute Gasteiger partial charge is 0.159 e. The maximum atomic E-state index is 11.4. The van der Waals surface area contributed by atoms with Crippen LogP contribution in [0.2, 0.25) is 0 Å². The number of para-hydroxylation sites is 1. The molecule has 0 aliphatic carbocycles. The highest BCUT2D eigenvalue weighted by Gasteiger charge is 2.19. The van der Waals surface area contributed by atoms with Gasteiger partial charge in [0.1, 0.15) is 0 Å². The molecular weight excluding hydrogens is 312 g/mol. The minimum absolute atomic E-state index is 0.114. The van der Waals surface area contributed by atoms with Gasteiger partial charge in [-0.25, -0.2) is 0 Å². The summed E-state index contributed by atoms with van der Waals surface area (Å²) < 4.78 is 0. The third kappa shape index (κ3) is 3.28. The number of fused-ring (bicyclic) bond motifs is 1. The summed E-state index contributed by atoms with van der Waals surface area (Å²) in [5.41, 5.74) is 4.18. The molecule has 25 heavy (non-hydrogen) atoms. The molecule has 5 nitrogen and oxygen atoms in total. The predicted molar refractivity (Wildman–Crippen MR) is 100 cm³/mol. The van der Waals surface area contributed by atoms with Gasteiger partial charge in [0.25, 0.3) is 0 Å². The highest BCUT2D eigenvalue weighted by Crippen LogP contribution is 2.20. The zero-order valence-corrected chi connectivity index (χ0v) is 14.4. The fraction of sp³-hybridized carbons (Fsp3) is 0.300. The van der Waals surface area contributed by atoms with Crippen LogP contribution in [0.25, 0.3) is 10.9 Å². The Morgan fingerprint density at radius 3 is 2.48 bits per heavy atom. The van der Waals surface area contributed by atoms with E-state index in [2.05, 4.69) is 38.2 Å². The summed E-state index contributed by atoms with van der Waals surface area (Å²) in [6.07, 6.45) is 0. The van der Waals surface area contributed by atoms with Gasteiger partial charge in [0.2, 0.25) is 0 Å². The van der Waals surface area contributed by atoms with Crippen molar-refractivity contribution < 1.29 is 4.79 Å². The molecular formula is C20H22N4O. The topological polar surface area (TPSA) is 52.2 Å². The summed E-state index contributed by atoms with van der Waals surface area (Å²) in [6, 6.07) is 16.2. The summed E-state index contributed by atoms with van der Waals surface area (Å²) in [4.78, 5) is 16.2. The van der Waals surface area contributed by atoms with E-state index in [1.807, 2.05) is 30.3 Å². The molecule has 1 fully saturated rings. The van der Waals surface area contributed by atoms with Crippen LogP contribution in [0, 0.1) is 0 Å². The molecule has 1 saturated heterocycles. The average Bonchev–Trinajstić information content (AvgIpc) is 3.06. The van der Waals surface area contributed by atoms with Gasteiger partial charge in [0.05, 0.1) is 11.2 Å². The number of aromatic amines is 1. The number of rotatable bonds is 4. The van der Waals surface area contributed by atoms with Crippen LogP contribution in [0.4, 0.5) is 5.69 Å². The number of nitrogens with zero attached hydrogens (tertiary/aromatic N) is 3. The number of nitrogens with one attached hydrogen (secondary N) is 1. The van der Waals surface area contributed by atoms with Crippen LogP contribution in [-0.2, 0) is 6.54 Å². The summed E-state index contributed by atoms with van der Waals surface area (Å²) in [5.74, 6) is 0.114. The van der Waals surface area contributed by atoms with Crippen LogP contribution >= 0.6 is 0 Å². The Labute approximate surface area is 147 Å². The summed E-state index contributed by atoms with van der Waals surface area (Å²) in [7, 11) is 0. The molecule has 0 atom stereocenters. The molecule has 1 aliphatic rings. The number of carbonyl (C=O) groups is 1. The Hall–Kier alpha value is -2.66. The lowest BCUT2D eigenvalue weighted by Gasteiger charge is -2.35. The van der Waals surface area contributed by atoms with Crippen LogP contribution in [-0.4, -0.2) is 47.1 Å². The van der Waals surface area contributed by atoms with Crippen molar-refractivity contribution in [2.24, 2.45) is 0 Å². The van der Waals surface area contributed by atoms with Crippen LogP contribution < -0.4 is 4.90 Å². The largest absolute Gasteiger partial charge is 0.369 e. The SMILES string of the molecule is CC(=O)c1ccc(N2CCN(Cc3n[nH]c4ccccc34)CC2)cc1. The van der Waals surface area contributed by atoms with Crippen LogP contribution in [0.1, 0.15) is 23.0 Å². The van der Waals surface area contributed by atoms with E-state index >= 15 is 0 Å². The van der Waals surface area contributed by atoms with Gasteiger partial charge in [-0.15, -0.1) is 0 Å². The second-order valence-corrected chi connectivity index (χ2v) is 6.58. The Morgan fingerprint density at radius 1 is 1.04 bits per heavy atom. The highest BCUT2D eigenvalue weighted by atomic mass is 16.1. The molecule has 4 rings (SSSR count). The Bertz CT molecular complexity index is 876. The van der Waals surface area contributed by atoms with Crippen molar-refractivity contribution in [2.45, 2.75) is 13.5 Å². The second kappa shape index (κ2) is 6.69. The van der Waals surface area contributed by atoms with Crippen molar-refractivity contribution in [2.75, 3.05) is 31.1 Å². The van der Waals surface area contributed by atoms with Crippen molar-refractivity contribution in [1.82, 2.24) is 15.1 Å². The van der Waals surface area contributed by atoms with E-state index in [4.69, 9.17) is 0 Å². The number of H-pyrrole nitrogens is 1. The standard InChI is InChI=1S/C20H22N4O/c1-15(25)16-6-8-17(9-7-16)24-12-10-23(11-13-24)14-20-18-4-2-3-5-19(18)21-22-20/h2-9H,10-14H2,1H3,(H,21,22). The number of ketones is 1. The van der Waals surface area contributed by atoms with Crippen LogP contribution in [0.3, 0.4) is 0 Å². The van der Waals surface area contributed by atoms with Crippen molar-refractivity contribution in [3.05, 3.63) is 59.8 Å². The number of Topliss-reactive ketones (excluding diaryl/α,β-unsaturated/α-hetero) is 1. The molecule has 0 radical (unpaired) electrons. The molecule has 0 amide bonds. The maximum absolute atomic E-state index is 11.4. The van der Waals surface area contributed by atoms with Gasteiger partial charge in [-0.1, -0.05) is 18.2 Å². The van der Waals surface area contributed by atoms with E-state index in [9.17, 15) is 4.79 Å². The molecule has 2 heterocycles. The van der Waals surface area contributed by atoms with E-state index < -0.39 is 0 Å². The number of aromatic nitrogens is 2. The molecule has 1 aromatic heterocycles. The van der Waals surface area contributed by atoms with Gasteiger partial charge in [-0.3, -0.25) is 14.8 Å². The first-order valence-corrected chi connectivity index (χ1v) is 8.71. The van der Waals surface area contributed by atoms with Gasteiger partial charge < -0.3 is 4.90 Å². The first kappa shape index (κ1) is 15.8. The zero-order valence-electron chi connectivity index (χ0n) is 14.4. The third-order valence-electron chi connectivity index (χ3n) is 4.93. The molecule has 128 valence electrons. The minimum atomic E-state index is 0.114. The lowest BCUT2D eigenvalue weighted by atomic mass is 10.1. The number of anilines is 1. The molecule has 2 aromatic carbocycles. The Balaban J connectivity index is 1.39. The fourth-order valence-corrected chi connectivity index (χ4v) is 3.42. The van der Waals surface area contributed by atoms with Gasteiger partial charge in [0, 0.05) is 49.4 Å². The first-order chi connectivity index (χ1) is 12.2. The summed E-state index contributed by atoms with van der Waals surface area (Å²) in [5, 5.41) is 8.81. The number of carbonyl (C=O) groups excluding carboxylic acids is 1. The normalized spacial score (nSPS) is 15.6. The molecule has 0 spiro atoms. The molecule has 5 heteroatoms. The lowest BCUT2D eigenvalue weighted by Crippen LogP contribution is -2.46. The minimum Gasteiger partial charge on any atom is -0.369 e. The Kier molecular flexibility index (Phi) is 4.24.